The Hall–Kier alpha value is -0.260. The van der Waals surface area contributed by atoms with E-state index in [9.17, 15) is 4.79 Å². The van der Waals surface area contributed by atoms with Crippen molar-refractivity contribution in [1.29, 1.82) is 0 Å². The van der Waals surface area contributed by atoms with Gasteiger partial charge in [-0.05, 0) is 25.0 Å². The van der Waals surface area contributed by atoms with E-state index in [-0.39, 0.29) is 12.5 Å². The minimum absolute atomic E-state index is 0.0868. The number of carbonyl (C=O) groups is 1. The lowest BCUT2D eigenvalue weighted by molar-refractivity contribution is -0.121. The number of rotatable bonds is 9. The monoisotopic (exact) mass is 234 g/mol. The fraction of sp³-hybridized carbons (Fsp3) is 0.900. The van der Waals surface area contributed by atoms with Crippen LogP contribution in [0.1, 0.15) is 39.0 Å². The molecule has 1 atom stereocenters. The third-order valence-electron chi connectivity index (χ3n) is 2.15. The van der Waals surface area contributed by atoms with Gasteiger partial charge in [-0.1, -0.05) is 13.3 Å². The first-order valence-electron chi connectivity index (χ1n) is 5.42. The first kappa shape index (κ1) is 14.7. The Morgan fingerprint density at radius 2 is 2.20 bits per heavy atom. The fourth-order valence-electron chi connectivity index (χ4n) is 1.19. The second kappa shape index (κ2) is 10.3. The van der Waals surface area contributed by atoms with Gasteiger partial charge in [-0.25, -0.2) is 5.84 Å². The molecule has 4 nitrogen and oxygen atoms in total. The molecule has 0 bridgehead atoms. The van der Waals surface area contributed by atoms with Crippen LogP contribution in [0.25, 0.3) is 0 Å². The van der Waals surface area contributed by atoms with Gasteiger partial charge in [0.15, 0.2) is 0 Å². The molecule has 90 valence electrons. The van der Waals surface area contributed by atoms with Gasteiger partial charge in [0.05, 0.1) is 0 Å². The number of unbranched alkanes of at least 4 members (excludes halogenated alkanes) is 2. The molecule has 5 heteroatoms. The molecular weight excluding hydrogens is 212 g/mol. The van der Waals surface area contributed by atoms with Gasteiger partial charge in [0.2, 0.25) is 5.91 Å². The normalized spacial score (nSPS) is 12.5. The van der Waals surface area contributed by atoms with Crippen LogP contribution in [0.2, 0.25) is 0 Å². The maximum atomic E-state index is 10.8. The summed E-state index contributed by atoms with van der Waals surface area (Å²) in [5.41, 5.74) is 2.12. The maximum absolute atomic E-state index is 10.8. The molecule has 1 amide bonds. The molecule has 0 fully saturated rings. The third kappa shape index (κ3) is 10.0. The smallest absolute Gasteiger partial charge is 0.233 e. The summed E-state index contributed by atoms with van der Waals surface area (Å²) >= 11 is 1.88. The van der Waals surface area contributed by atoms with Crippen molar-refractivity contribution in [3.05, 3.63) is 0 Å². The number of amides is 1. The Morgan fingerprint density at radius 1 is 1.47 bits per heavy atom. The standard InChI is InChI=1S/C10H22N2O2S/c1-9(6-7-13)15-8-4-2-3-5-10(14)12-11/h9,13H,2-8,11H2,1H3,(H,12,14). The van der Waals surface area contributed by atoms with Crippen LogP contribution in [0.15, 0.2) is 0 Å². The number of aliphatic hydroxyl groups is 1. The highest BCUT2D eigenvalue weighted by atomic mass is 32.2. The third-order valence-corrected chi connectivity index (χ3v) is 3.48. The molecule has 0 saturated heterocycles. The Balaban J connectivity index is 3.14. The Kier molecular flexibility index (Phi) is 10.1. The van der Waals surface area contributed by atoms with E-state index >= 15 is 0 Å². The van der Waals surface area contributed by atoms with Crippen molar-refractivity contribution in [1.82, 2.24) is 5.43 Å². The molecule has 0 aliphatic heterocycles. The zero-order valence-corrected chi connectivity index (χ0v) is 10.2. The largest absolute Gasteiger partial charge is 0.396 e. The minimum atomic E-state index is -0.0868. The molecule has 0 aliphatic rings. The summed E-state index contributed by atoms with van der Waals surface area (Å²) in [5, 5.41) is 9.23. The predicted molar refractivity (Wildman–Crippen MR) is 64.4 cm³/mol. The molecule has 0 rings (SSSR count). The number of hydrogen-bond acceptors (Lipinski definition) is 4. The number of thioether (sulfide) groups is 1. The zero-order valence-electron chi connectivity index (χ0n) is 9.37. The van der Waals surface area contributed by atoms with Crippen LogP contribution < -0.4 is 11.3 Å². The summed E-state index contributed by atoms with van der Waals surface area (Å²) in [5.74, 6) is 5.97. The summed E-state index contributed by atoms with van der Waals surface area (Å²) < 4.78 is 0. The zero-order chi connectivity index (χ0) is 11.5. The van der Waals surface area contributed by atoms with Crippen LogP contribution in [-0.4, -0.2) is 28.6 Å². The van der Waals surface area contributed by atoms with Crippen LogP contribution in [0.3, 0.4) is 0 Å². The molecule has 0 aliphatic carbocycles. The Bertz CT molecular complexity index is 168. The van der Waals surface area contributed by atoms with Crippen molar-refractivity contribution in [3.8, 4) is 0 Å². The highest BCUT2D eigenvalue weighted by Crippen LogP contribution is 2.16. The fourth-order valence-corrected chi connectivity index (χ4v) is 2.23. The minimum Gasteiger partial charge on any atom is -0.396 e. The lowest BCUT2D eigenvalue weighted by atomic mass is 10.2. The number of aliphatic hydroxyl groups excluding tert-OH is 1. The molecule has 0 saturated carbocycles. The van der Waals surface area contributed by atoms with Crippen LogP contribution in [0.4, 0.5) is 0 Å². The van der Waals surface area contributed by atoms with Crippen LogP contribution >= 0.6 is 11.8 Å². The van der Waals surface area contributed by atoms with Crippen LogP contribution in [0, 0.1) is 0 Å². The molecule has 15 heavy (non-hydrogen) atoms. The lowest BCUT2D eigenvalue weighted by Gasteiger charge is -2.08. The van der Waals surface area contributed by atoms with E-state index < -0.39 is 0 Å². The van der Waals surface area contributed by atoms with Crippen molar-refractivity contribution in [2.75, 3.05) is 12.4 Å². The predicted octanol–water partition coefficient (Wildman–Crippen LogP) is 1.04. The number of hydrogen-bond donors (Lipinski definition) is 3. The summed E-state index contributed by atoms with van der Waals surface area (Å²) in [6, 6.07) is 0. The van der Waals surface area contributed by atoms with Gasteiger partial charge >= 0.3 is 0 Å². The van der Waals surface area contributed by atoms with Gasteiger partial charge in [-0.2, -0.15) is 11.8 Å². The average Bonchev–Trinajstić information content (AvgIpc) is 2.23. The molecule has 0 aromatic heterocycles. The van der Waals surface area contributed by atoms with Crippen molar-refractivity contribution in [3.63, 3.8) is 0 Å². The van der Waals surface area contributed by atoms with Crippen molar-refractivity contribution >= 4 is 17.7 Å². The van der Waals surface area contributed by atoms with E-state index in [0.717, 1.165) is 31.4 Å². The van der Waals surface area contributed by atoms with Crippen LogP contribution in [-0.2, 0) is 4.79 Å². The van der Waals surface area contributed by atoms with Crippen molar-refractivity contribution in [2.24, 2.45) is 5.84 Å². The second-order valence-corrected chi connectivity index (χ2v) is 5.12. The summed E-state index contributed by atoms with van der Waals surface area (Å²) in [6.45, 7) is 2.40. The quantitative estimate of drug-likeness (QED) is 0.241. The highest BCUT2D eigenvalue weighted by Gasteiger charge is 2.01. The number of hydrazine groups is 1. The van der Waals surface area contributed by atoms with Gasteiger partial charge in [0, 0.05) is 18.3 Å². The van der Waals surface area contributed by atoms with E-state index in [0.29, 0.717) is 11.7 Å². The number of carbonyl (C=O) groups excluding carboxylic acids is 1. The number of nitrogens with one attached hydrogen (secondary N) is 1. The number of nitrogens with two attached hydrogens (primary N) is 1. The van der Waals surface area contributed by atoms with E-state index in [1.165, 1.54) is 0 Å². The average molecular weight is 234 g/mol. The molecule has 0 aromatic rings. The van der Waals surface area contributed by atoms with E-state index in [1.807, 2.05) is 11.8 Å². The molecule has 0 radical (unpaired) electrons. The Labute approximate surface area is 96.0 Å². The molecule has 1 unspecified atom stereocenters. The Morgan fingerprint density at radius 3 is 2.80 bits per heavy atom. The summed E-state index contributed by atoms with van der Waals surface area (Å²) in [6.07, 6.45) is 4.47. The van der Waals surface area contributed by atoms with Crippen molar-refractivity contribution in [2.45, 2.75) is 44.3 Å². The van der Waals surface area contributed by atoms with Gasteiger partial charge < -0.3 is 5.11 Å². The lowest BCUT2D eigenvalue weighted by Crippen LogP contribution is -2.29. The topological polar surface area (TPSA) is 75.3 Å². The van der Waals surface area contributed by atoms with Gasteiger partial charge in [0.1, 0.15) is 0 Å². The van der Waals surface area contributed by atoms with Crippen molar-refractivity contribution < 1.29 is 9.90 Å². The second-order valence-electron chi connectivity index (χ2n) is 3.57. The van der Waals surface area contributed by atoms with Gasteiger partial charge in [-0.3, -0.25) is 10.2 Å². The first-order valence-corrected chi connectivity index (χ1v) is 6.47. The maximum Gasteiger partial charge on any atom is 0.233 e. The molecule has 0 spiro atoms. The molecule has 0 aromatic carbocycles. The molecule has 0 heterocycles. The van der Waals surface area contributed by atoms with Gasteiger partial charge in [-0.15, -0.1) is 0 Å². The van der Waals surface area contributed by atoms with E-state index in [1.54, 1.807) is 0 Å². The van der Waals surface area contributed by atoms with Crippen LogP contribution in [0.5, 0.6) is 0 Å². The summed E-state index contributed by atoms with van der Waals surface area (Å²) in [7, 11) is 0. The molecular formula is C10H22N2O2S. The molecule has 4 N–H and O–H groups in total. The summed E-state index contributed by atoms with van der Waals surface area (Å²) in [4.78, 5) is 10.8. The van der Waals surface area contributed by atoms with E-state index in [2.05, 4.69) is 12.3 Å². The highest BCUT2D eigenvalue weighted by molar-refractivity contribution is 7.99. The first-order chi connectivity index (χ1) is 7.20. The van der Waals surface area contributed by atoms with Gasteiger partial charge in [0.25, 0.3) is 0 Å². The SMILES string of the molecule is CC(CCO)SCCCCCC(=O)NN. The van der Waals surface area contributed by atoms with E-state index in [4.69, 9.17) is 10.9 Å².